The summed E-state index contributed by atoms with van der Waals surface area (Å²) in [4.78, 5) is 0. The Morgan fingerprint density at radius 3 is 1.20 bits per heavy atom. The molecule has 1 saturated heterocycles. The Morgan fingerprint density at radius 2 is 1.00 bits per heavy atom. The van der Waals surface area contributed by atoms with Crippen LogP contribution in [-0.4, -0.2) is 58.3 Å². The molecule has 1 aliphatic heterocycles. The summed E-state index contributed by atoms with van der Waals surface area (Å²) in [5.41, 5.74) is 0.945. The van der Waals surface area contributed by atoms with Crippen LogP contribution in [0.1, 0.15) is 109 Å². The second-order valence-electron chi connectivity index (χ2n) is 10.9. The fraction of sp³-hybridized carbons (Fsp3) is 1.00. The van der Waals surface area contributed by atoms with Gasteiger partial charge in [0.25, 0.3) is 0 Å². The monoisotopic (exact) mass is 460 g/mol. The van der Waals surface area contributed by atoms with Crippen molar-refractivity contribution in [1.82, 2.24) is 9.36 Å². The zero-order valence-electron chi connectivity index (χ0n) is 19.5. The summed E-state index contributed by atoms with van der Waals surface area (Å²) < 4.78 is 8.91. The topological polar surface area (TPSA) is 9.72 Å². The molecule has 4 heteroatoms. The summed E-state index contributed by atoms with van der Waals surface area (Å²) >= 11 is -2.20. The van der Waals surface area contributed by atoms with E-state index in [0.717, 1.165) is 0 Å². The summed E-state index contributed by atoms with van der Waals surface area (Å²) in [6.07, 6.45) is 4.26. The van der Waals surface area contributed by atoms with Crippen LogP contribution < -0.4 is 0 Å². The van der Waals surface area contributed by atoms with Gasteiger partial charge in [-0.05, 0) is 0 Å². The predicted molar refractivity (Wildman–Crippen MR) is 114 cm³/mol. The second kappa shape index (κ2) is 7.60. The van der Waals surface area contributed by atoms with Crippen molar-refractivity contribution in [2.75, 3.05) is 0 Å². The molecule has 1 heterocycles. The van der Waals surface area contributed by atoms with Crippen LogP contribution in [-0.2, 0) is 0 Å². The van der Waals surface area contributed by atoms with Gasteiger partial charge in [0.05, 0.1) is 0 Å². The number of hydrogen-bond donors (Lipinski definition) is 0. The normalized spacial score (nSPS) is 20.4. The van der Waals surface area contributed by atoms with Crippen molar-refractivity contribution in [3.63, 3.8) is 0 Å². The van der Waals surface area contributed by atoms with Gasteiger partial charge in [0.2, 0.25) is 0 Å². The van der Waals surface area contributed by atoms with E-state index in [1.807, 2.05) is 0 Å². The van der Waals surface area contributed by atoms with Gasteiger partial charge in [0.15, 0.2) is 0 Å². The average molecular weight is 459 g/mol. The Labute approximate surface area is 167 Å². The van der Waals surface area contributed by atoms with Crippen molar-refractivity contribution in [2.45, 2.75) is 138 Å². The number of rotatable bonds is 6. The molecule has 0 aliphatic carbocycles. The van der Waals surface area contributed by atoms with E-state index < -0.39 is 20.6 Å². The number of hydrogen-bond acceptors (Lipinski definition) is 3. The predicted octanol–water partition coefficient (Wildman–Crippen LogP) is 5.60. The molecule has 0 amide bonds. The molecule has 1 fully saturated rings. The minimum atomic E-state index is -2.20. The van der Waals surface area contributed by atoms with Crippen LogP contribution in [0.25, 0.3) is 0 Å². The molecule has 25 heavy (non-hydrogen) atoms. The molecule has 149 valence electrons. The third-order valence-electron chi connectivity index (χ3n) is 5.97. The fourth-order valence-corrected chi connectivity index (χ4v) is 16.4. The summed E-state index contributed by atoms with van der Waals surface area (Å²) in [5.74, 6) is 0. The fourth-order valence-electron chi connectivity index (χ4n) is 4.32. The molecule has 0 N–H and O–H groups in total. The van der Waals surface area contributed by atoms with Crippen LogP contribution in [0.2, 0.25) is 0 Å². The summed E-state index contributed by atoms with van der Waals surface area (Å²) in [6.45, 7) is 31.5. The molecule has 3 nitrogen and oxygen atoms in total. The van der Waals surface area contributed by atoms with Crippen molar-refractivity contribution in [3.05, 3.63) is 0 Å². The van der Waals surface area contributed by atoms with E-state index in [0.29, 0.717) is 6.17 Å². The first-order chi connectivity index (χ1) is 11.1. The van der Waals surface area contributed by atoms with Gasteiger partial charge in [-0.25, -0.2) is 0 Å². The first-order valence-electron chi connectivity index (χ1n) is 10.3. The molecule has 1 rings (SSSR count). The Balaban J connectivity index is 3.53. The average Bonchev–Trinajstić information content (AvgIpc) is 2.39. The van der Waals surface area contributed by atoms with Crippen LogP contribution in [0.3, 0.4) is 0 Å². The Morgan fingerprint density at radius 1 is 0.680 bits per heavy atom. The minimum absolute atomic E-state index is 0.190. The van der Waals surface area contributed by atoms with Gasteiger partial charge < -0.3 is 0 Å². The number of nitrogens with zero attached hydrogens (tertiary/aromatic N) is 3. The molecule has 0 aromatic rings. The Hall–Kier alpha value is 0.679. The van der Waals surface area contributed by atoms with Gasteiger partial charge in [0, 0.05) is 0 Å². The molecular formula is C21H46N3Sn. The third-order valence-corrected chi connectivity index (χ3v) is 18.6. The standard InChI is InChI=1S/C13H28N2.C8H18N.Sn/c1-8-11(14-12(4,5)9-2)15-13(6,7)10-3;1-7(2,3)9-8(4,5)6;/h11H,8-10H2,1-7H3;1-6H3;/q-2;-1;+3. The van der Waals surface area contributed by atoms with E-state index in [9.17, 15) is 0 Å². The van der Waals surface area contributed by atoms with Crippen LogP contribution in [0.5, 0.6) is 0 Å². The van der Waals surface area contributed by atoms with Gasteiger partial charge in [-0.3, -0.25) is 0 Å². The van der Waals surface area contributed by atoms with Gasteiger partial charge in [-0.1, -0.05) is 0 Å². The first-order valence-corrected chi connectivity index (χ1v) is 14.1. The Kier molecular flexibility index (Phi) is 7.21. The van der Waals surface area contributed by atoms with Crippen molar-refractivity contribution in [1.29, 1.82) is 0 Å². The van der Waals surface area contributed by atoms with Crippen molar-refractivity contribution in [2.24, 2.45) is 0 Å². The van der Waals surface area contributed by atoms with Gasteiger partial charge in [0.1, 0.15) is 0 Å². The van der Waals surface area contributed by atoms with Crippen molar-refractivity contribution in [3.8, 4) is 0 Å². The summed E-state index contributed by atoms with van der Waals surface area (Å²) in [5, 5.41) is 0. The molecule has 0 unspecified atom stereocenters. The van der Waals surface area contributed by atoms with Crippen LogP contribution >= 0.6 is 0 Å². The first kappa shape index (κ1) is 23.7. The zero-order valence-corrected chi connectivity index (χ0v) is 22.4. The maximum atomic E-state index is 2.99. The third kappa shape index (κ3) is 4.57. The van der Waals surface area contributed by atoms with Crippen molar-refractivity contribution >= 4 is 20.6 Å². The van der Waals surface area contributed by atoms with Gasteiger partial charge >= 0.3 is 168 Å². The van der Waals surface area contributed by atoms with E-state index in [1.54, 1.807) is 0 Å². The van der Waals surface area contributed by atoms with E-state index in [1.165, 1.54) is 19.3 Å². The molecule has 0 atom stereocenters. The SMILES string of the molecule is CCC1[N](C(C)(C)CC)[Sn]([N](C(C)(C)C)C(C)(C)C)[N]1C(C)(C)CC. The molecule has 0 spiro atoms. The molecule has 1 aliphatic rings. The Bertz CT molecular complexity index is 407. The second-order valence-corrected chi connectivity index (χ2v) is 16.7. The van der Waals surface area contributed by atoms with Crippen LogP contribution in [0, 0.1) is 0 Å². The molecule has 0 aromatic carbocycles. The summed E-state index contributed by atoms with van der Waals surface area (Å²) in [6, 6.07) is 0. The van der Waals surface area contributed by atoms with Gasteiger partial charge in [-0.15, -0.1) is 0 Å². The quantitative estimate of drug-likeness (QED) is 0.479. The van der Waals surface area contributed by atoms with E-state index >= 15 is 0 Å². The van der Waals surface area contributed by atoms with E-state index in [-0.39, 0.29) is 22.2 Å². The van der Waals surface area contributed by atoms with Crippen LogP contribution in [0.15, 0.2) is 0 Å². The van der Waals surface area contributed by atoms with E-state index in [2.05, 4.69) is 99.4 Å². The maximum absolute atomic E-state index is 2.99. The molecule has 0 saturated carbocycles. The van der Waals surface area contributed by atoms with Crippen LogP contribution in [0.4, 0.5) is 0 Å². The molecular weight excluding hydrogens is 413 g/mol. The molecule has 1 radical (unpaired) electrons. The molecule has 0 bridgehead atoms. The summed E-state index contributed by atoms with van der Waals surface area (Å²) in [7, 11) is 0. The zero-order chi connectivity index (χ0) is 20.0. The molecule has 0 aromatic heterocycles. The van der Waals surface area contributed by atoms with Crippen molar-refractivity contribution < 1.29 is 0 Å². The van der Waals surface area contributed by atoms with Gasteiger partial charge in [-0.2, -0.15) is 0 Å². The van der Waals surface area contributed by atoms with E-state index in [4.69, 9.17) is 0 Å².